The molecule has 13 heteroatoms. The fourth-order valence-corrected chi connectivity index (χ4v) is 2.24. The van der Waals surface area contributed by atoms with Gasteiger partial charge in [-0.2, -0.15) is 13.2 Å². The van der Waals surface area contributed by atoms with Gasteiger partial charge >= 0.3 is 12.5 Å². The molecule has 0 radical (unpaired) electrons. The molecule has 1 aromatic heterocycles. The third kappa shape index (κ3) is 4.98. The van der Waals surface area contributed by atoms with Crippen molar-refractivity contribution in [1.82, 2.24) is 15.0 Å². The summed E-state index contributed by atoms with van der Waals surface area (Å²) < 4.78 is 83.8. The van der Waals surface area contributed by atoms with E-state index in [2.05, 4.69) is 14.9 Å². The zero-order chi connectivity index (χ0) is 22.1. The van der Waals surface area contributed by atoms with Crippen LogP contribution in [0.4, 0.5) is 26.3 Å². The van der Waals surface area contributed by atoms with Crippen molar-refractivity contribution in [3.05, 3.63) is 59.8 Å². The summed E-state index contributed by atoms with van der Waals surface area (Å²) in [6.45, 7) is 0. The van der Waals surface area contributed by atoms with E-state index >= 15 is 0 Å². The molecule has 3 aromatic rings. The molecule has 0 N–H and O–H groups in total. The highest BCUT2D eigenvalue weighted by Gasteiger charge is 2.31. The van der Waals surface area contributed by atoms with E-state index in [9.17, 15) is 36.2 Å². The highest BCUT2D eigenvalue weighted by atomic mass is 19.4. The van der Waals surface area contributed by atoms with Crippen LogP contribution in [0, 0.1) is 0 Å². The van der Waals surface area contributed by atoms with Crippen molar-refractivity contribution >= 4 is 5.97 Å². The van der Waals surface area contributed by atoms with E-state index in [-0.39, 0.29) is 11.4 Å². The Morgan fingerprint density at radius 2 is 1.57 bits per heavy atom. The van der Waals surface area contributed by atoms with Gasteiger partial charge in [-0.15, -0.1) is 28.2 Å². The van der Waals surface area contributed by atoms with Crippen LogP contribution in [0.1, 0.15) is 16.1 Å². The number of hydrogen-bond donors (Lipinski definition) is 0. The molecule has 0 unspecified atom stereocenters. The molecule has 0 aliphatic carbocycles. The largest absolute Gasteiger partial charge is 0.573 e. The van der Waals surface area contributed by atoms with Crippen molar-refractivity contribution in [2.75, 3.05) is 0 Å². The molecule has 30 heavy (non-hydrogen) atoms. The first kappa shape index (κ1) is 21.0. The zero-order valence-corrected chi connectivity index (χ0v) is 14.4. The molecule has 0 atom stereocenters. The first-order chi connectivity index (χ1) is 13.9. The normalized spacial score (nSPS) is 11.9. The number of carbonyl (C=O) groups excluding carboxylic acids is 1. The minimum Gasteiger partial charge on any atom is -0.543 e. The minimum absolute atomic E-state index is 0.0329. The molecular weight excluding hydrogens is 424 g/mol. The third-order valence-corrected chi connectivity index (χ3v) is 3.46. The number of carboxylic acid groups (broad SMARTS) is 1. The van der Waals surface area contributed by atoms with Crippen molar-refractivity contribution in [2.24, 2.45) is 0 Å². The number of carbonyl (C=O) groups is 1. The van der Waals surface area contributed by atoms with Crippen LogP contribution in [0.2, 0.25) is 0 Å². The van der Waals surface area contributed by atoms with Crippen LogP contribution < -0.4 is 14.6 Å². The molecule has 0 bridgehead atoms. The quantitative estimate of drug-likeness (QED) is 0.575. The average molecular weight is 432 g/mol. The van der Waals surface area contributed by atoms with Crippen molar-refractivity contribution in [2.45, 2.75) is 12.5 Å². The number of rotatable bonds is 5. The number of hydrogen-bond acceptors (Lipinski definition) is 6. The molecule has 0 aliphatic heterocycles. The molecular formula is C17H8F6N3O4-. The Morgan fingerprint density at radius 1 is 0.933 bits per heavy atom. The Labute approximate surface area is 163 Å². The number of benzene rings is 2. The molecule has 7 nitrogen and oxygen atoms in total. The van der Waals surface area contributed by atoms with Gasteiger partial charge in [0.15, 0.2) is 5.69 Å². The number of aromatic nitrogens is 3. The molecule has 2 aromatic carbocycles. The minimum atomic E-state index is -4.96. The van der Waals surface area contributed by atoms with Crippen molar-refractivity contribution < 1.29 is 45.7 Å². The van der Waals surface area contributed by atoms with Crippen LogP contribution in [-0.2, 0) is 6.18 Å². The Morgan fingerprint density at radius 3 is 2.13 bits per heavy atom. The molecule has 1 heterocycles. The SMILES string of the molecule is O=C([O-])c1nn(-c2ccc(C(F)(F)F)cc2)nc1Oc1cccc(OC(F)(F)F)c1. The van der Waals surface area contributed by atoms with E-state index in [4.69, 9.17) is 4.74 Å². The molecule has 0 amide bonds. The van der Waals surface area contributed by atoms with Crippen LogP contribution in [0.15, 0.2) is 48.5 Å². The summed E-state index contributed by atoms with van der Waals surface area (Å²) in [7, 11) is 0. The van der Waals surface area contributed by atoms with Gasteiger partial charge in [-0.05, 0) is 36.4 Å². The van der Waals surface area contributed by atoms with E-state index in [0.29, 0.717) is 4.80 Å². The third-order valence-electron chi connectivity index (χ3n) is 3.46. The van der Waals surface area contributed by atoms with Gasteiger partial charge in [-0.3, -0.25) is 0 Å². The summed E-state index contributed by atoms with van der Waals surface area (Å²) >= 11 is 0. The monoisotopic (exact) mass is 432 g/mol. The number of aromatic carboxylic acids is 1. The lowest BCUT2D eigenvalue weighted by Crippen LogP contribution is -2.23. The molecule has 0 spiro atoms. The van der Waals surface area contributed by atoms with E-state index < -0.39 is 41.4 Å². The van der Waals surface area contributed by atoms with Crippen LogP contribution >= 0.6 is 0 Å². The highest BCUT2D eigenvalue weighted by Crippen LogP contribution is 2.31. The summed E-state index contributed by atoms with van der Waals surface area (Å²) in [5, 5.41) is 18.6. The van der Waals surface area contributed by atoms with Crippen molar-refractivity contribution in [3.8, 4) is 23.1 Å². The lowest BCUT2D eigenvalue weighted by Gasteiger charge is -2.10. The predicted octanol–water partition coefficient (Wildman–Crippen LogP) is 3.34. The van der Waals surface area contributed by atoms with Gasteiger partial charge in [0.05, 0.1) is 17.2 Å². The van der Waals surface area contributed by atoms with Crippen molar-refractivity contribution in [1.29, 1.82) is 0 Å². The average Bonchev–Trinajstić information content (AvgIpc) is 3.04. The number of carboxylic acids is 1. The molecule has 158 valence electrons. The van der Waals surface area contributed by atoms with Crippen LogP contribution in [0.5, 0.6) is 17.4 Å². The van der Waals surface area contributed by atoms with Crippen LogP contribution in [-0.4, -0.2) is 27.3 Å². The number of ether oxygens (including phenoxy) is 2. The first-order valence-corrected chi connectivity index (χ1v) is 7.82. The number of nitrogens with zero attached hydrogens (tertiary/aromatic N) is 3. The van der Waals surface area contributed by atoms with Crippen LogP contribution in [0.3, 0.4) is 0 Å². The molecule has 0 saturated carbocycles. The molecule has 0 aliphatic rings. The maximum absolute atomic E-state index is 12.6. The van der Waals surface area contributed by atoms with Crippen LogP contribution in [0.25, 0.3) is 5.69 Å². The predicted molar refractivity (Wildman–Crippen MR) is 83.9 cm³/mol. The van der Waals surface area contributed by atoms with Gasteiger partial charge in [0, 0.05) is 6.07 Å². The Hall–Kier alpha value is -3.77. The van der Waals surface area contributed by atoms with E-state index in [1.807, 2.05) is 0 Å². The molecule has 3 rings (SSSR count). The zero-order valence-electron chi connectivity index (χ0n) is 14.4. The number of halogens is 6. The van der Waals surface area contributed by atoms with E-state index in [1.54, 1.807) is 0 Å². The fraction of sp³-hybridized carbons (Fsp3) is 0.118. The summed E-state index contributed by atoms with van der Waals surface area (Å²) in [4.78, 5) is 11.9. The topological polar surface area (TPSA) is 89.3 Å². The van der Waals surface area contributed by atoms with Gasteiger partial charge in [-0.25, -0.2) is 0 Å². The molecule has 0 fully saturated rings. The van der Waals surface area contributed by atoms with E-state index in [1.165, 1.54) is 6.07 Å². The standard InChI is InChI=1S/C17H9F6N3O4/c18-16(19,20)9-4-6-10(7-5-9)26-24-13(15(27)28)14(25-26)29-11-2-1-3-12(8-11)30-17(21,22)23/h1-8H,(H,27,28)/p-1. The first-order valence-electron chi connectivity index (χ1n) is 7.82. The number of alkyl halides is 6. The Balaban J connectivity index is 1.90. The van der Waals surface area contributed by atoms with Gasteiger partial charge in [0.25, 0.3) is 5.88 Å². The van der Waals surface area contributed by atoms with Crippen molar-refractivity contribution in [3.63, 3.8) is 0 Å². The summed E-state index contributed by atoms with van der Waals surface area (Å²) in [6.07, 6.45) is -9.54. The summed E-state index contributed by atoms with van der Waals surface area (Å²) in [6, 6.07) is 7.59. The highest BCUT2D eigenvalue weighted by molar-refractivity contribution is 5.86. The Kier molecular flexibility index (Phi) is 5.29. The van der Waals surface area contributed by atoms with Gasteiger partial charge in [-0.1, -0.05) is 6.07 Å². The summed E-state index contributed by atoms with van der Waals surface area (Å²) in [5.41, 5.74) is -1.80. The van der Waals surface area contributed by atoms with Gasteiger partial charge < -0.3 is 19.4 Å². The maximum Gasteiger partial charge on any atom is 0.573 e. The second-order valence-corrected chi connectivity index (χ2v) is 5.60. The summed E-state index contributed by atoms with van der Waals surface area (Å²) in [5.74, 6) is -3.38. The lowest BCUT2D eigenvalue weighted by atomic mass is 10.2. The van der Waals surface area contributed by atoms with Gasteiger partial charge in [0.2, 0.25) is 0 Å². The van der Waals surface area contributed by atoms with Gasteiger partial charge in [0.1, 0.15) is 11.5 Å². The maximum atomic E-state index is 12.6. The second kappa shape index (κ2) is 7.57. The lowest BCUT2D eigenvalue weighted by molar-refractivity contribution is -0.274. The van der Waals surface area contributed by atoms with E-state index in [0.717, 1.165) is 42.5 Å². The fourth-order valence-electron chi connectivity index (χ4n) is 2.24. The Bertz CT molecular complexity index is 1060. The molecule has 0 saturated heterocycles. The second-order valence-electron chi connectivity index (χ2n) is 5.60. The smallest absolute Gasteiger partial charge is 0.543 e.